The molecule has 0 radical (unpaired) electrons. The van der Waals surface area contributed by atoms with Crippen molar-refractivity contribution in [3.8, 4) is 5.75 Å². The predicted octanol–water partition coefficient (Wildman–Crippen LogP) is 4.73. The maximum Gasteiger partial charge on any atom is 0.264 e. The van der Waals surface area contributed by atoms with Gasteiger partial charge in [-0.05, 0) is 80.1 Å². The van der Waals surface area contributed by atoms with Crippen LogP contribution in [0.25, 0.3) is 0 Å². The number of hydrogen-bond acceptors (Lipinski definition) is 5. The van der Waals surface area contributed by atoms with Crippen LogP contribution in [-0.4, -0.2) is 58.6 Å². The van der Waals surface area contributed by atoms with Gasteiger partial charge in [-0.1, -0.05) is 17.7 Å². The average molecular weight is 546 g/mol. The van der Waals surface area contributed by atoms with Crippen LogP contribution >= 0.6 is 11.6 Å². The van der Waals surface area contributed by atoms with E-state index in [4.69, 9.17) is 16.3 Å². The van der Waals surface area contributed by atoms with Crippen molar-refractivity contribution in [1.82, 2.24) is 4.90 Å². The number of anilines is 2. The van der Waals surface area contributed by atoms with E-state index in [1.165, 1.54) is 36.4 Å². The largest absolute Gasteiger partial charge is 0.494 e. The first-order valence-corrected chi connectivity index (χ1v) is 13.8. The number of aryl methyl sites for hydroxylation is 1. The number of carbonyl (C=O) groups is 1. The minimum absolute atomic E-state index is 0.00864. The summed E-state index contributed by atoms with van der Waals surface area (Å²) in [5, 5.41) is 0.647. The Bertz CT molecular complexity index is 1340. The lowest BCUT2D eigenvalue weighted by Crippen LogP contribution is -2.52. The molecule has 4 rings (SSSR count). The van der Waals surface area contributed by atoms with Crippen molar-refractivity contribution in [2.45, 2.75) is 18.7 Å². The molecule has 3 aromatic rings. The third-order valence-corrected chi connectivity index (χ3v) is 8.28. The van der Waals surface area contributed by atoms with Gasteiger partial charge in [0.1, 0.15) is 18.1 Å². The summed E-state index contributed by atoms with van der Waals surface area (Å²) in [6, 6.07) is 16.8. The molecular weight excluding hydrogens is 517 g/mol. The molecule has 3 aromatic carbocycles. The first-order valence-electron chi connectivity index (χ1n) is 12.0. The number of ether oxygens (including phenoxy) is 1. The lowest BCUT2D eigenvalue weighted by atomic mass is 10.1. The number of rotatable bonds is 8. The summed E-state index contributed by atoms with van der Waals surface area (Å²) in [6.07, 6.45) is 0. The van der Waals surface area contributed by atoms with Gasteiger partial charge in [-0.25, -0.2) is 12.8 Å². The SMILES string of the molecule is CCOc1ccc(S(=O)(=O)N(CC(=O)N2CCN(c3cc(Cl)ccc3C)CC2)c2ccc(F)cc2)cc1. The second-order valence-electron chi connectivity index (χ2n) is 8.69. The lowest BCUT2D eigenvalue weighted by molar-refractivity contribution is -0.129. The Morgan fingerprint density at radius 2 is 1.65 bits per heavy atom. The fourth-order valence-corrected chi connectivity index (χ4v) is 5.85. The zero-order valence-electron chi connectivity index (χ0n) is 20.7. The fraction of sp³-hybridized carbons (Fsp3) is 0.296. The molecule has 0 saturated carbocycles. The minimum atomic E-state index is -4.11. The highest BCUT2D eigenvalue weighted by Gasteiger charge is 2.30. The molecule has 0 bridgehead atoms. The molecule has 0 spiro atoms. The molecule has 1 amide bonds. The van der Waals surface area contributed by atoms with E-state index in [1.54, 1.807) is 17.0 Å². The number of hydrogen-bond donors (Lipinski definition) is 0. The zero-order valence-corrected chi connectivity index (χ0v) is 22.3. The molecule has 7 nitrogen and oxygen atoms in total. The van der Waals surface area contributed by atoms with E-state index in [-0.39, 0.29) is 16.5 Å². The number of sulfonamides is 1. The van der Waals surface area contributed by atoms with Crippen LogP contribution in [0.5, 0.6) is 5.75 Å². The quantitative estimate of drug-likeness (QED) is 0.409. The van der Waals surface area contributed by atoms with Gasteiger partial charge in [-0.2, -0.15) is 0 Å². The molecule has 0 aromatic heterocycles. The zero-order chi connectivity index (χ0) is 26.6. The van der Waals surface area contributed by atoms with Crippen molar-refractivity contribution in [2.75, 3.05) is 48.5 Å². The number of piperazine rings is 1. The molecule has 37 heavy (non-hydrogen) atoms. The Kier molecular flexibility index (Phi) is 8.24. The van der Waals surface area contributed by atoms with Crippen molar-refractivity contribution >= 4 is 38.9 Å². The Morgan fingerprint density at radius 3 is 2.27 bits per heavy atom. The van der Waals surface area contributed by atoms with Gasteiger partial charge < -0.3 is 14.5 Å². The molecule has 1 aliphatic rings. The van der Waals surface area contributed by atoms with Gasteiger partial charge in [0.25, 0.3) is 10.0 Å². The summed E-state index contributed by atoms with van der Waals surface area (Å²) in [5.41, 5.74) is 2.32. The molecule has 0 aliphatic carbocycles. The minimum Gasteiger partial charge on any atom is -0.494 e. The van der Waals surface area contributed by atoms with E-state index in [0.29, 0.717) is 43.6 Å². The summed E-state index contributed by atoms with van der Waals surface area (Å²) < 4.78 is 47.3. The maximum atomic E-state index is 13.6. The molecule has 0 unspecified atom stereocenters. The number of carbonyl (C=O) groups excluding carboxylic acids is 1. The van der Waals surface area contributed by atoms with Crippen LogP contribution in [0.4, 0.5) is 15.8 Å². The third-order valence-electron chi connectivity index (χ3n) is 6.26. The van der Waals surface area contributed by atoms with Crippen LogP contribution in [-0.2, 0) is 14.8 Å². The average Bonchev–Trinajstić information content (AvgIpc) is 2.90. The van der Waals surface area contributed by atoms with Crippen molar-refractivity contribution in [2.24, 2.45) is 0 Å². The molecular formula is C27H29ClFN3O4S. The molecule has 196 valence electrons. The topological polar surface area (TPSA) is 70.2 Å². The van der Waals surface area contributed by atoms with Crippen LogP contribution in [0.15, 0.2) is 71.6 Å². The van der Waals surface area contributed by atoms with Gasteiger partial charge >= 0.3 is 0 Å². The second kappa shape index (κ2) is 11.4. The standard InChI is InChI=1S/C27H29ClFN3O4S/c1-3-36-24-10-12-25(13-11-24)37(34,35)32(23-8-6-22(29)7-9-23)19-27(33)31-16-14-30(15-17-31)26-18-21(28)5-4-20(26)2/h4-13,18H,3,14-17,19H2,1-2H3. The highest BCUT2D eigenvalue weighted by Crippen LogP contribution is 2.27. The van der Waals surface area contributed by atoms with Crippen LogP contribution in [0.1, 0.15) is 12.5 Å². The number of benzene rings is 3. The monoisotopic (exact) mass is 545 g/mol. The van der Waals surface area contributed by atoms with Crippen molar-refractivity contribution in [3.05, 3.63) is 83.1 Å². The van der Waals surface area contributed by atoms with Gasteiger partial charge in [0.2, 0.25) is 5.91 Å². The highest BCUT2D eigenvalue weighted by molar-refractivity contribution is 7.92. The van der Waals surface area contributed by atoms with E-state index in [2.05, 4.69) is 4.90 Å². The van der Waals surface area contributed by atoms with E-state index in [9.17, 15) is 17.6 Å². The molecule has 1 saturated heterocycles. The number of amides is 1. The first-order chi connectivity index (χ1) is 17.7. The summed E-state index contributed by atoms with van der Waals surface area (Å²) in [4.78, 5) is 17.1. The summed E-state index contributed by atoms with van der Waals surface area (Å²) in [6.45, 7) is 5.95. The van der Waals surface area contributed by atoms with Crippen LogP contribution in [0.2, 0.25) is 5.02 Å². The molecule has 0 N–H and O–H groups in total. The van der Waals surface area contributed by atoms with Crippen LogP contribution in [0.3, 0.4) is 0 Å². The van der Waals surface area contributed by atoms with Gasteiger partial charge in [0, 0.05) is 36.9 Å². The predicted molar refractivity (Wildman–Crippen MR) is 144 cm³/mol. The molecule has 1 fully saturated rings. The Hall–Kier alpha value is -3.30. The fourth-order valence-electron chi connectivity index (χ4n) is 4.27. The Labute approximate surface area is 222 Å². The van der Waals surface area contributed by atoms with Gasteiger partial charge in [-0.15, -0.1) is 0 Å². The summed E-state index contributed by atoms with van der Waals surface area (Å²) in [5.74, 6) is -0.291. The van der Waals surface area contributed by atoms with Gasteiger partial charge in [0.05, 0.1) is 17.2 Å². The summed E-state index contributed by atoms with van der Waals surface area (Å²) >= 11 is 6.17. The van der Waals surface area contributed by atoms with E-state index < -0.39 is 22.4 Å². The van der Waals surface area contributed by atoms with Crippen LogP contribution < -0.4 is 13.9 Å². The van der Waals surface area contributed by atoms with Crippen molar-refractivity contribution < 1.29 is 22.3 Å². The van der Waals surface area contributed by atoms with Crippen molar-refractivity contribution in [3.63, 3.8) is 0 Å². The highest BCUT2D eigenvalue weighted by atomic mass is 35.5. The molecule has 1 aliphatic heterocycles. The Balaban J connectivity index is 1.53. The number of halogens is 2. The lowest BCUT2D eigenvalue weighted by Gasteiger charge is -2.37. The third kappa shape index (κ3) is 6.17. The molecule has 0 atom stereocenters. The second-order valence-corrected chi connectivity index (χ2v) is 11.0. The van der Waals surface area contributed by atoms with E-state index >= 15 is 0 Å². The molecule has 1 heterocycles. The number of nitrogens with zero attached hydrogens (tertiary/aromatic N) is 3. The maximum absolute atomic E-state index is 13.6. The summed E-state index contributed by atoms with van der Waals surface area (Å²) in [7, 11) is -4.11. The first kappa shape index (κ1) is 26.8. The van der Waals surface area contributed by atoms with Gasteiger partial charge in [-0.3, -0.25) is 9.10 Å². The normalized spacial score (nSPS) is 13.9. The van der Waals surface area contributed by atoms with Crippen molar-refractivity contribution in [1.29, 1.82) is 0 Å². The smallest absolute Gasteiger partial charge is 0.264 e. The van der Waals surface area contributed by atoms with Crippen LogP contribution in [0, 0.1) is 12.7 Å². The van der Waals surface area contributed by atoms with E-state index in [0.717, 1.165) is 15.6 Å². The van der Waals surface area contributed by atoms with E-state index in [1.807, 2.05) is 32.0 Å². The Morgan fingerprint density at radius 1 is 1.00 bits per heavy atom. The van der Waals surface area contributed by atoms with Gasteiger partial charge in [0.15, 0.2) is 0 Å². The molecule has 10 heteroatoms.